The Kier molecular flexibility index (Phi) is 4.45. The molecular formula is C19H16O2S. The third-order valence-corrected chi connectivity index (χ3v) is 4.28. The monoisotopic (exact) mass is 308 g/mol. The Hall–Kier alpha value is -2.26. The number of fused-ring (bicyclic) bond motifs is 1. The number of Topliss-reactive ketones (excluding diaryl/α,β-unsaturated/α-hetero) is 1. The van der Waals surface area contributed by atoms with E-state index in [1.54, 1.807) is 11.8 Å². The number of carbonyl (C=O) groups is 1. The Labute approximate surface area is 134 Å². The van der Waals surface area contributed by atoms with Crippen LogP contribution in [-0.2, 0) is 0 Å². The van der Waals surface area contributed by atoms with E-state index in [0.717, 1.165) is 21.4 Å². The van der Waals surface area contributed by atoms with E-state index in [2.05, 4.69) is 0 Å². The molecule has 22 heavy (non-hydrogen) atoms. The molecule has 0 amide bonds. The number of para-hydroxylation sites is 1. The summed E-state index contributed by atoms with van der Waals surface area (Å²) in [5.41, 5.74) is 0.681. The fourth-order valence-corrected chi connectivity index (χ4v) is 2.87. The van der Waals surface area contributed by atoms with Crippen LogP contribution < -0.4 is 4.74 Å². The van der Waals surface area contributed by atoms with Gasteiger partial charge in [-0.05, 0) is 35.2 Å². The predicted molar refractivity (Wildman–Crippen MR) is 92.0 cm³/mol. The standard InChI is InChI=1S/C19H16O2S/c1-22-19-9-5-4-8-18(19)21-13-17(20)16-11-10-14-6-2-3-7-15(14)12-16/h2-12H,13H2,1H3. The molecule has 3 aromatic carbocycles. The van der Waals surface area contributed by atoms with Crippen molar-refractivity contribution in [1.82, 2.24) is 0 Å². The van der Waals surface area contributed by atoms with E-state index < -0.39 is 0 Å². The van der Waals surface area contributed by atoms with Crippen molar-refractivity contribution in [2.75, 3.05) is 12.9 Å². The summed E-state index contributed by atoms with van der Waals surface area (Å²) in [6.07, 6.45) is 1.99. The normalized spacial score (nSPS) is 10.6. The van der Waals surface area contributed by atoms with Crippen molar-refractivity contribution < 1.29 is 9.53 Å². The second-order valence-corrected chi connectivity index (χ2v) is 5.77. The highest BCUT2D eigenvalue weighted by Crippen LogP contribution is 2.27. The lowest BCUT2D eigenvalue weighted by atomic mass is 10.0. The summed E-state index contributed by atoms with van der Waals surface area (Å²) in [6.45, 7) is 0.0515. The summed E-state index contributed by atoms with van der Waals surface area (Å²) in [4.78, 5) is 13.4. The minimum Gasteiger partial charge on any atom is -0.484 e. The average molecular weight is 308 g/mol. The number of ether oxygens (including phenoxy) is 1. The van der Waals surface area contributed by atoms with E-state index in [9.17, 15) is 4.79 Å². The van der Waals surface area contributed by atoms with E-state index in [4.69, 9.17) is 4.74 Å². The van der Waals surface area contributed by atoms with E-state index in [-0.39, 0.29) is 12.4 Å². The van der Waals surface area contributed by atoms with Crippen molar-refractivity contribution in [3.8, 4) is 5.75 Å². The van der Waals surface area contributed by atoms with Crippen molar-refractivity contribution in [2.24, 2.45) is 0 Å². The molecule has 3 aromatic rings. The van der Waals surface area contributed by atoms with Gasteiger partial charge in [0.05, 0.1) is 0 Å². The van der Waals surface area contributed by atoms with Crippen molar-refractivity contribution in [1.29, 1.82) is 0 Å². The minimum absolute atomic E-state index is 0.0124. The zero-order chi connectivity index (χ0) is 15.4. The lowest BCUT2D eigenvalue weighted by Gasteiger charge is -2.09. The molecular weight excluding hydrogens is 292 g/mol. The lowest BCUT2D eigenvalue weighted by molar-refractivity contribution is 0.0919. The summed E-state index contributed by atoms with van der Waals surface area (Å²) in [6, 6.07) is 21.5. The Morgan fingerprint density at radius 3 is 2.50 bits per heavy atom. The molecule has 0 bridgehead atoms. The first-order chi connectivity index (χ1) is 10.8. The van der Waals surface area contributed by atoms with Crippen LogP contribution in [0.3, 0.4) is 0 Å². The molecule has 3 rings (SSSR count). The van der Waals surface area contributed by atoms with Gasteiger partial charge in [-0.3, -0.25) is 4.79 Å². The van der Waals surface area contributed by atoms with Crippen molar-refractivity contribution >= 4 is 28.3 Å². The van der Waals surface area contributed by atoms with Crippen LogP contribution in [0.1, 0.15) is 10.4 Å². The van der Waals surface area contributed by atoms with Crippen LogP contribution >= 0.6 is 11.8 Å². The van der Waals surface area contributed by atoms with E-state index in [0.29, 0.717) is 5.56 Å². The van der Waals surface area contributed by atoms with Crippen LogP contribution in [0.2, 0.25) is 0 Å². The number of carbonyl (C=O) groups excluding carboxylic acids is 1. The van der Waals surface area contributed by atoms with Gasteiger partial charge < -0.3 is 4.74 Å². The van der Waals surface area contributed by atoms with Gasteiger partial charge in [0.1, 0.15) is 5.75 Å². The molecule has 0 spiro atoms. The summed E-state index contributed by atoms with van der Waals surface area (Å²) >= 11 is 1.61. The predicted octanol–water partition coefficient (Wildman–Crippen LogP) is 4.82. The zero-order valence-corrected chi connectivity index (χ0v) is 13.1. The van der Waals surface area contributed by atoms with Crippen molar-refractivity contribution in [2.45, 2.75) is 4.90 Å². The van der Waals surface area contributed by atoms with Crippen LogP contribution in [-0.4, -0.2) is 18.6 Å². The molecule has 110 valence electrons. The summed E-state index contributed by atoms with van der Waals surface area (Å²) < 4.78 is 5.69. The SMILES string of the molecule is CSc1ccccc1OCC(=O)c1ccc2ccccc2c1. The third-order valence-electron chi connectivity index (χ3n) is 3.50. The number of hydrogen-bond acceptors (Lipinski definition) is 3. The van der Waals surface area contributed by atoms with Gasteiger partial charge in [0.15, 0.2) is 12.4 Å². The zero-order valence-electron chi connectivity index (χ0n) is 12.3. The molecule has 0 aliphatic heterocycles. The maximum atomic E-state index is 12.3. The Morgan fingerprint density at radius 2 is 1.68 bits per heavy atom. The molecule has 0 saturated carbocycles. The lowest BCUT2D eigenvalue weighted by Crippen LogP contribution is -2.11. The van der Waals surface area contributed by atoms with E-state index in [1.165, 1.54) is 0 Å². The van der Waals surface area contributed by atoms with E-state index in [1.807, 2.05) is 73.0 Å². The fourth-order valence-electron chi connectivity index (χ4n) is 2.33. The first-order valence-electron chi connectivity index (χ1n) is 7.06. The van der Waals surface area contributed by atoms with Gasteiger partial charge in [-0.1, -0.05) is 48.5 Å². The molecule has 0 aliphatic carbocycles. The number of benzene rings is 3. The van der Waals surface area contributed by atoms with Crippen LogP contribution in [0.4, 0.5) is 0 Å². The smallest absolute Gasteiger partial charge is 0.200 e. The molecule has 0 N–H and O–H groups in total. The molecule has 0 fully saturated rings. The molecule has 0 heterocycles. The summed E-state index contributed by atoms with van der Waals surface area (Å²) in [5, 5.41) is 2.20. The first kappa shape index (κ1) is 14.7. The molecule has 0 radical (unpaired) electrons. The fraction of sp³-hybridized carbons (Fsp3) is 0.105. The van der Waals surface area contributed by atoms with Crippen LogP contribution in [0.15, 0.2) is 71.6 Å². The highest BCUT2D eigenvalue weighted by atomic mass is 32.2. The number of hydrogen-bond donors (Lipinski definition) is 0. The largest absolute Gasteiger partial charge is 0.484 e. The van der Waals surface area contributed by atoms with Gasteiger partial charge in [0.25, 0.3) is 0 Å². The van der Waals surface area contributed by atoms with Gasteiger partial charge in [-0.2, -0.15) is 0 Å². The average Bonchev–Trinajstić information content (AvgIpc) is 2.59. The second-order valence-electron chi connectivity index (χ2n) is 4.92. The molecule has 0 aromatic heterocycles. The molecule has 0 aliphatic rings. The molecule has 0 saturated heterocycles. The second kappa shape index (κ2) is 6.67. The van der Waals surface area contributed by atoms with Crippen LogP contribution in [0, 0.1) is 0 Å². The van der Waals surface area contributed by atoms with E-state index >= 15 is 0 Å². The summed E-state index contributed by atoms with van der Waals surface area (Å²) in [7, 11) is 0. The minimum atomic E-state index is -0.0124. The molecule has 0 unspecified atom stereocenters. The summed E-state index contributed by atoms with van der Waals surface area (Å²) in [5.74, 6) is 0.741. The Balaban J connectivity index is 1.75. The van der Waals surface area contributed by atoms with Crippen LogP contribution in [0.5, 0.6) is 5.75 Å². The first-order valence-corrected chi connectivity index (χ1v) is 8.28. The van der Waals surface area contributed by atoms with Crippen molar-refractivity contribution in [3.63, 3.8) is 0 Å². The Bertz CT molecular complexity index is 811. The quantitative estimate of drug-likeness (QED) is 0.499. The highest BCUT2D eigenvalue weighted by Gasteiger charge is 2.09. The number of thioether (sulfide) groups is 1. The Morgan fingerprint density at radius 1 is 0.955 bits per heavy atom. The maximum Gasteiger partial charge on any atom is 0.200 e. The van der Waals surface area contributed by atoms with Gasteiger partial charge in [0, 0.05) is 10.5 Å². The third kappa shape index (κ3) is 3.15. The topological polar surface area (TPSA) is 26.3 Å². The highest BCUT2D eigenvalue weighted by molar-refractivity contribution is 7.98. The van der Waals surface area contributed by atoms with Gasteiger partial charge in [-0.15, -0.1) is 11.8 Å². The van der Waals surface area contributed by atoms with Gasteiger partial charge >= 0.3 is 0 Å². The van der Waals surface area contributed by atoms with Gasteiger partial charge in [-0.25, -0.2) is 0 Å². The maximum absolute atomic E-state index is 12.3. The van der Waals surface area contributed by atoms with Gasteiger partial charge in [0.2, 0.25) is 0 Å². The van der Waals surface area contributed by atoms with Crippen molar-refractivity contribution in [3.05, 3.63) is 72.3 Å². The molecule has 0 atom stereocenters. The molecule has 2 nitrogen and oxygen atoms in total. The number of ketones is 1. The molecule has 3 heteroatoms. The number of rotatable bonds is 5. The van der Waals surface area contributed by atoms with Crippen LogP contribution in [0.25, 0.3) is 10.8 Å².